The van der Waals surface area contributed by atoms with Gasteiger partial charge in [0.25, 0.3) is 5.91 Å². The molecule has 316 valence electrons. The number of nitrogens with zero attached hydrogens (tertiary/aromatic N) is 2. The third-order valence-electron chi connectivity index (χ3n) is 12.0. The number of aromatic nitrogens is 1. The van der Waals surface area contributed by atoms with Crippen LogP contribution in [0.1, 0.15) is 103 Å². The van der Waals surface area contributed by atoms with Crippen molar-refractivity contribution in [2.45, 2.75) is 115 Å². The van der Waals surface area contributed by atoms with Crippen molar-refractivity contribution >= 4 is 56.8 Å². The number of sulfonamides is 1. The van der Waals surface area contributed by atoms with E-state index in [9.17, 15) is 32.4 Å². The fourth-order valence-electron chi connectivity index (χ4n) is 8.28. The standard InChI is InChI=1S/C44H55N5O9S/c1-7-28-24-44(28,40(53)47-59(55,56)31-19-20-31)46-37(50)34-22-30-25-48(34)38(51)36(42(2,3)4)45-41(54)57-26-43(5,6)21-12-11-14-27-15-13-18-33-32(27)23-35(39(52)58-30)49(33)29-16-9-8-10-17-29/h8-11,13-18,23,28,30-31,34,36H,7,12,19-22,24-26H2,1-6H3,(H,45,54)(H,46,50)(H,47,53)/b14-11+/t28-,30+,34-,36+,44-/m0/s1. The van der Waals surface area contributed by atoms with Crippen molar-refractivity contribution in [1.82, 2.24) is 24.8 Å². The molecule has 7 rings (SSSR count). The van der Waals surface area contributed by atoms with Gasteiger partial charge in [-0.1, -0.05) is 90.4 Å². The first-order valence-corrected chi connectivity index (χ1v) is 22.1. The van der Waals surface area contributed by atoms with Crippen LogP contribution in [-0.2, 0) is 33.9 Å². The molecule has 0 unspecified atom stereocenters. The van der Waals surface area contributed by atoms with E-state index in [0.29, 0.717) is 32.1 Å². The van der Waals surface area contributed by atoms with Crippen LogP contribution in [-0.4, -0.2) is 89.8 Å². The van der Waals surface area contributed by atoms with Crippen LogP contribution >= 0.6 is 0 Å². The molecule has 0 radical (unpaired) electrons. The largest absolute Gasteiger partial charge is 0.456 e. The molecular weight excluding hydrogens is 775 g/mol. The van der Waals surface area contributed by atoms with E-state index in [4.69, 9.17) is 9.47 Å². The lowest BCUT2D eigenvalue weighted by molar-refractivity contribution is -0.143. The molecule has 3 fully saturated rings. The number of hydrogen-bond donors (Lipinski definition) is 3. The molecule has 14 nitrogen and oxygen atoms in total. The molecule has 2 aliphatic heterocycles. The van der Waals surface area contributed by atoms with Crippen LogP contribution in [0.5, 0.6) is 0 Å². The Morgan fingerprint density at radius 1 is 1.02 bits per heavy atom. The summed E-state index contributed by atoms with van der Waals surface area (Å²) in [6.07, 6.45) is 5.19. The molecule has 3 heterocycles. The van der Waals surface area contributed by atoms with Crippen LogP contribution in [0.3, 0.4) is 0 Å². The molecule has 2 saturated carbocycles. The summed E-state index contributed by atoms with van der Waals surface area (Å²) < 4.78 is 41.5. The molecule has 2 aliphatic carbocycles. The zero-order valence-corrected chi connectivity index (χ0v) is 35.4. The maximum atomic E-state index is 14.7. The van der Waals surface area contributed by atoms with Gasteiger partial charge in [0.15, 0.2) is 0 Å². The molecule has 4 amide bonds. The van der Waals surface area contributed by atoms with Crippen LogP contribution in [0.2, 0.25) is 0 Å². The summed E-state index contributed by atoms with van der Waals surface area (Å²) in [7, 11) is -3.91. The number of hydrogen-bond acceptors (Lipinski definition) is 9. The number of esters is 1. The molecule has 59 heavy (non-hydrogen) atoms. The molecular formula is C44H55N5O9S. The Bertz CT molecular complexity index is 2290. The third-order valence-corrected chi connectivity index (χ3v) is 13.8. The first-order chi connectivity index (χ1) is 27.8. The van der Waals surface area contributed by atoms with Crippen LogP contribution < -0.4 is 15.4 Å². The Balaban J connectivity index is 1.26. The topological polar surface area (TPSA) is 182 Å². The summed E-state index contributed by atoms with van der Waals surface area (Å²) in [5, 5.41) is 5.77. The number of carbonyl (C=O) groups is 5. The smallest absolute Gasteiger partial charge is 0.407 e. The van der Waals surface area contributed by atoms with E-state index in [-0.39, 0.29) is 37.6 Å². The number of fused-ring (bicyclic) bond motifs is 3. The van der Waals surface area contributed by atoms with E-state index in [1.165, 1.54) is 4.90 Å². The van der Waals surface area contributed by atoms with E-state index < -0.39 is 79.6 Å². The van der Waals surface area contributed by atoms with Gasteiger partial charge in [0, 0.05) is 17.5 Å². The summed E-state index contributed by atoms with van der Waals surface area (Å²) in [6, 6.07) is 14.7. The number of ether oxygens (including phenoxy) is 2. The quantitative estimate of drug-likeness (QED) is 0.255. The summed E-state index contributed by atoms with van der Waals surface area (Å²) in [5.74, 6) is -3.11. The minimum atomic E-state index is -3.91. The van der Waals surface area contributed by atoms with Crippen LogP contribution in [0.15, 0.2) is 60.7 Å². The number of carbonyl (C=O) groups excluding carboxylic acids is 5. The van der Waals surface area contributed by atoms with E-state index in [0.717, 1.165) is 22.2 Å². The SMILES string of the molecule is CC[C@H]1C[C@@]1(NC(=O)[C@@H]1C[C@@H]2CN1C(=O)[C@H](C(C)(C)C)NC(=O)OCC(C)(C)CC/C=C/c1cccc3c1cc(n3-c1ccccc1)C(=O)O2)C(=O)NS(=O)(=O)C1CC1. The Labute approximate surface area is 345 Å². The molecule has 3 aromatic rings. The zero-order valence-electron chi connectivity index (χ0n) is 34.6. The minimum absolute atomic E-state index is 0.0859. The number of cyclic esters (lactones) is 1. The van der Waals surface area contributed by atoms with Crippen molar-refractivity contribution in [3.05, 3.63) is 71.9 Å². The maximum Gasteiger partial charge on any atom is 0.407 e. The summed E-state index contributed by atoms with van der Waals surface area (Å²) >= 11 is 0. The summed E-state index contributed by atoms with van der Waals surface area (Å²) in [4.78, 5) is 71.9. The zero-order chi connectivity index (χ0) is 42.5. The Morgan fingerprint density at radius 3 is 2.41 bits per heavy atom. The predicted octanol–water partition coefficient (Wildman–Crippen LogP) is 5.62. The van der Waals surface area contributed by atoms with E-state index in [1.54, 1.807) is 26.8 Å². The maximum absolute atomic E-state index is 14.7. The Morgan fingerprint density at radius 2 is 1.75 bits per heavy atom. The van der Waals surface area contributed by atoms with E-state index in [2.05, 4.69) is 21.4 Å². The summed E-state index contributed by atoms with van der Waals surface area (Å²) in [5.41, 5.74) is -0.102. The molecule has 1 aromatic heterocycles. The minimum Gasteiger partial charge on any atom is -0.456 e. The van der Waals surface area contributed by atoms with Gasteiger partial charge in [-0.05, 0) is 78.7 Å². The van der Waals surface area contributed by atoms with Gasteiger partial charge in [-0.15, -0.1) is 0 Å². The number of amides is 4. The molecule has 5 atom stereocenters. The highest BCUT2D eigenvalue weighted by Crippen LogP contribution is 2.47. The van der Waals surface area contributed by atoms with Gasteiger partial charge in [0.05, 0.1) is 23.9 Å². The van der Waals surface area contributed by atoms with Crippen molar-refractivity contribution in [3.8, 4) is 5.69 Å². The second-order valence-electron chi connectivity index (χ2n) is 18.3. The molecule has 3 N–H and O–H groups in total. The third kappa shape index (κ3) is 8.76. The predicted molar refractivity (Wildman–Crippen MR) is 222 cm³/mol. The van der Waals surface area contributed by atoms with Crippen molar-refractivity contribution in [3.63, 3.8) is 0 Å². The Kier molecular flexibility index (Phi) is 11.2. The van der Waals surface area contributed by atoms with E-state index >= 15 is 0 Å². The lowest BCUT2D eigenvalue weighted by Gasteiger charge is -2.35. The van der Waals surface area contributed by atoms with Crippen molar-refractivity contribution in [1.29, 1.82) is 0 Å². The molecule has 15 heteroatoms. The van der Waals surface area contributed by atoms with Gasteiger partial charge in [0.1, 0.15) is 29.4 Å². The Hall–Kier alpha value is -5.18. The summed E-state index contributed by atoms with van der Waals surface area (Å²) in [6.45, 7) is 11.1. The fourth-order valence-corrected chi connectivity index (χ4v) is 9.64. The average Bonchev–Trinajstić information content (AvgIpc) is 4.08. The average molecular weight is 830 g/mol. The second-order valence-corrected chi connectivity index (χ2v) is 20.3. The number of alkyl carbamates (subject to hydrolysis) is 1. The van der Waals surface area contributed by atoms with Crippen LogP contribution in [0.25, 0.3) is 22.7 Å². The molecule has 0 spiro atoms. The monoisotopic (exact) mass is 829 g/mol. The fraction of sp³-hybridized carbons (Fsp3) is 0.523. The number of nitrogens with one attached hydrogen (secondary N) is 3. The van der Waals surface area contributed by atoms with Crippen LogP contribution in [0, 0.1) is 16.7 Å². The van der Waals surface area contributed by atoms with Gasteiger partial charge >= 0.3 is 12.1 Å². The number of allylic oxidation sites excluding steroid dienone is 1. The molecule has 2 aromatic carbocycles. The van der Waals surface area contributed by atoms with Crippen molar-refractivity contribution in [2.24, 2.45) is 16.7 Å². The first kappa shape index (κ1) is 42.0. The molecule has 4 bridgehead atoms. The van der Waals surface area contributed by atoms with Gasteiger partial charge in [-0.3, -0.25) is 19.1 Å². The van der Waals surface area contributed by atoms with Gasteiger partial charge < -0.3 is 29.6 Å². The highest BCUT2D eigenvalue weighted by molar-refractivity contribution is 7.91. The molecule has 1 saturated heterocycles. The molecule has 4 aliphatic rings. The highest BCUT2D eigenvalue weighted by Gasteiger charge is 2.62. The number of benzene rings is 2. The lowest BCUT2D eigenvalue weighted by atomic mass is 9.85. The van der Waals surface area contributed by atoms with Gasteiger partial charge in [0.2, 0.25) is 21.8 Å². The lowest BCUT2D eigenvalue weighted by Crippen LogP contribution is -2.60. The first-order valence-electron chi connectivity index (χ1n) is 20.5. The van der Waals surface area contributed by atoms with Crippen LogP contribution in [0.4, 0.5) is 4.79 Å². The second kappa shape index (κ2) is 15.8. The number of rotatable bonds is 7. The van der Waals surface area contributed by atoms with Gasteiger partial charge in [-0.25, -0.2) is 18.0 Å². The van der Waals surface area contributed by atoms with E-state index in [1.807, 2.05) is 79.9 Å². The number of para-hydroxylation sites is 1. The highest BCUT2D eigenvalue weighted by atomic mass is 32.2. The van der Waals surface area contributed by atoms with Crippen molar-refractivity contribution < 1.29 is 41.9 Å². The normalized spacial score (nSPS) is 27.0. The van der Waals surface area contributed by atoms with Crippen molar-refractivity contribution in [2.75, 3.05) is 13.2 Å². The van der Waals surface area contributed by atoms with Gasteiger partial charge in [-0.2, -0.15) is 0 Å².